The molecule has 6 nitrogen and oxygen atoms in total. The molecule has 0 saturated heterocycles. The van der Waals surface area contributed by atoms with Crippen LogP contribution in [0.1, 0.15) is 24.1 Å². The second-order valence-electron chi connectivity index (χ2n) is 5.76. The van der Waals surface area contributed by atoms with Gasteiger partial charge in [-0.3, -0.25) is 4.79 Å². The molecule has 0 spiro atoms. The van der Waals surface area contributed by atoms with Crippen LogP contribution in [-0.2, 0) is 23.9 Å². The number of ether oxygens (including phenoxy) is 1. The monoisotopic (exact) mass is 391 g/mol. The first-order valence-electron chi connectivity index (χ1n) is 8.34. The van der Waals surface area contributed by atoms with Crippen molar-refractivity contribution < 1.29 is 27.1 Å². The van der Waals surface area contributed by atoms with Crippen LogP contribution in [0.4, 0.5) is 13.2 Å². The molecule has 0 saturated carbocycles. The molecule has 2 aromatic heterocycles. The van der Waals surface area contributed by atoms with Gasteiger partial charge in [0.05, 0.1) is 6.20 Å². The first-order chi connectivity index (χ1) is 13.3. The number of carbonyl (C=O) groups is 1. The molecule has 3 rings (SSSR count). The van der Waals surface area contributed by atoms with Crippen LogP contribution >= 0.6 is 0 Å². The fourth-order valence-electron chi connectivity index (χ4n) is 2.44. The minimum Gasteiger partial charge on any atom is -0.453 e. The predicted octanol–water partition coefficient (Wildman–Crippen LogP) is 4.40. The van der Waals surface area contributed by atoms with Gasteiger partial charge in [0.25, 0.3) is 0 Å². The summed E-state index contributed by atoms with van der Waals surface area (Å²) in [4.78, 5) is 19.1. The van der Waals surface area contributed by atoms with Crippen molar-refractivity contribution >= 4 is 17.0 Å². The van der Waals surface area contributed by atoms with Crippen LogP contribution in [0.2, 0.25) is 0 Å². The Morgan fingerprint density at radius 2 is 2.11 bits per heavy atom. The van der Waals surface area contributed by atoms with E-state index in [0.29, 0.717) is 34.7 Å². The van der Waals surface area contributed by atoms with Crippen LogP contribution in [0.3, 0.4) is 0 Å². The van der Waals surface area contributed by atoms with Crippen molar-refractivity contribution in [3.63, 3.8) is 0 Å². The van der Waals surface area contributed by atoms with Crippen LogP contribution in [0.15, 0.2) is 47.5 Å². The number of aryl methyl sites for hydroxylation is 1. The highest BCUT2D eigenvalue weighted by atomic mass is 19.4. The van der Waals surface area contributed by atoms with E-state index in [-0.39, 0.29) is 18.2 Å². The van der Waals surface area contributed by atoms with Crippen molar-refractivity contribution in [1.29, 1.82) is 0 Å². The van der Waals surface area contributed by atoms with Gasteiger partial charge in [0.15, 0.2) is 22.7 Å². The lowest BCUT2D eigenvalue weighted by molar-refractivity contribution is -0.141. The third kappa shape index (κ3) is 4.13. The summed E-state index contributed by atoms with van der Waals surface area (Å²) in [6, 6.07) is 5.31. The van der Waals surface area contributed by atoms with Crippen LogP contribution in [0, 0.1) is 0 Å². The molecule has 28 heavy (non-hydrogen) atoms. The fraction of sp³-hybridized carbons (Fsp3) is 0.211. The molecule has 1 aromatic carbocycles. The van der Waals surface area contributed by atoms with Gasteiger partial charge in [-0.05, 0) is 30.3 Å². The molecule has 2 heterocycles. The molecule has 0 unspecified atom stereocenters. The molecule has 3 aromatic rings. The molecular weight excluding hydrogens is 375 g/mol. The largest absolute Gasteiger partial charge is 0.453 e. The standard InChI is InChI=1S/C19H16F3N3O3/c1-3-15(26)24-9-11-5-7-13(17-18(11)28-16(4-2)25-17)27-12-6-8-14(23-10-12)19(20,21)22/h3,5-8,10H,1,4,9H2,2H3,(H,24,26). The molecule has 0 atom stereocenters. The summed E-state index contributed by atoms with van der Waals surface area (Å²) in [6.45, 7) is 5.45. The zero-order chi connectivity index (χ0) is 20.3. The minimum atomic E-state index is -4.52. The number of oxazole rings is 1. The SMILES string of the molecule is C=CC(=O)NCc1ccc(Oc2ccc(C(F)(F)F)nc2)c2nc(CC)oc12. The average molecular weight is 391 g/mol. The number of pyridine rings is 1. The average Bonchev–Trinajstić information content (AvgIpc) is 3.12. The Kier molecular flexibility index (Phi) is 5.34. The van der Waals surface area contributed by atoms with Crippen molar-refractivity contribution in [3.8, 4) is 11.5 Å². The first-order valence-corrected chi connectivity index (χ1v) is 8.34. The Morgan fingerprint density at radius 1 is 1.32 bits per heavy atom. The summed E-state index contributed by atoms with van der Waals surface area (Å²) in [5.41, 5.74) is 0.504. The first kappa shape index (κ1) is 19.4. The van der Waals surface area contributed by atoms with Gasteiger partial charge in [-0.25, -0.2) is 9.97 Å². The Hall–Kier alpha value is -3.36. The lowest BCUT2D eigenvalue weighted by atomic mass is 10.2. The van der Waals surface area contributed by atoms with Gasteiger partial charge < -0.3 is 14.5 Å². The molecule has 0 bridgehead atoms. The maximum atomic E-state index is 12.6. The Morgan fingerprint density at radius 3 is 2.71 bits per heavy atom. The number of aromatic nitrogens is 2. The number of amides is 1. The maximum Gasteiger partial charge on any atom is 0.433 e. The number of fused-ring (bicyclic) bond motifs is 1. The summed E-state index contributed by atoms with van der Waals surface area (Å²) in [7, 11) is 0. The Labute approximate surface area is 158 Å². The summed E-state index contributed by atoms with van der Waals surface area (Å²) in [5.74, 6) is 0.564. The number of rotatable bonds is 6. The van der Waals surface area contributed by atoms with Gasteiger partial charge in [0.2, 0.25) is 5.91 Å². The number of benzene rings is 1. The zero-order valence-electron chi connectivity index (χ0n) is 14.8. The normalized spacial score (nSPS) is 11.4. The van der Waals surface area contributed by atoms with Gasteiger partial charge >= 0.3 is 6.18 Å². The van der Waals surface area contributed by atoms with E-state index in [0.717, 1.165) is 18.3 Å². The van der Waals surface area contributed by atoms with Crippen LogP contribution < -0.4 is 10.1 Å². The molecule has 146 valence electrons. The highest BCUT2D eigenvalue weighted by Crippen LogP contribution is 2.33. The van der Waals surface area contributed by atoms with Gasteiger partial charge in [0.1, 0.15) is 11.4 Å². The minimum absolute atomic E-state index is 0.128. The van der Waals surface area contributed by atoms with E-state index in [1.165, 1.54) is 6.07 Å². The van der Waals surface area contributed by atoms with Gasteiger partial charge in [0, 0.05) is 18.5 Å². The Bertz CT molecular complexity index is 1010. The molecule has 1 N–H and O–H groups in total. The Balaban J connectivity index is 1.92. The number of nitrogens with zero attached hydrogens (tertiary/aromatic N) is 2. The topological polar surface area (TPSA) is 77.2 Å². The third-order valence-electron chi connectivity index (χ3n) is 3.83. The molecule has 0 fully saturated rings. The molecule has 0 radical (unpaired) electrons. The van der Waals surface area contributed by atoms with Crippen LogP contribution in [0.25, 0.3) is 11.1 Å². The predicted molar refractivity (Wildman–Crippen MR) is 94.7 cm³/mol. The van der Waals surface area contributed by atoms with Gasteiger partial charge in [-0.15, -0.1) is 0 Å². The summed E-state index contributed by atoms with van der Waals surface area (Å²) < 4.78 is 49.3. The van der Waals surface area contributed by atoms with Crippen molar-refractivity contribution in [2.24, 2.45) is 0 Å². The molecule has 0 aliphatic carbocycles. The highest BCUT2D eigenvalue weighted by molar-refractivity contribution is 5.88. The maximum absolute atomic E-state index is 12.6. The molecular formula is C19H16F3N3O3. The number of hydrogen-bond acceptors (Lipinski definition) is 5. The summed E-state index contributed by atoms with van der Waals surface area (Å²) in [6.07, 6.45) is -1.84. The second-order valence-corrected chi connectivity index (χ2v) is 5.76. The van der Waals surface area contributed by atoms with Crippen molar-refractivity contribution in [1.82, 2.24) is 15.3 Å². The lowest BCUT2D eigenvalue weighted by Crippen LogP contribution is -2.19. The van der Waals surface area contributed by atoms with Crippen LogP contribution in [0.5, 0.6) is 11.5 Å². The number of nitrogens with one attached hydrogen (secondary N) is 1. The van der Waals surface area contributed by atoms with E-state index in [2.05, 4.69) is 21.9 Å². The third-order valence-corrected chi connectivity index (χ3v) is 3.83. The number of carbonyl (C=O) groups excluding carboxylic acids is 1. The van der Waals surface area contributed by atoms with Gasteiger partial charge in [-0.1, -0.05) is 13.5 Å². The van der Waals surface area contributed by atoms with E-state index in [1.807, 2.05) is 6.92 Å². The van der Waals surface area contributed by atoms with E-state index >= 15 is 0 Å². The van der Waals surface area contributed by atoms with Crippen molar-refractivity contribution in [3.05, 3.63) is 60.3 Å². The zero-order valence-corrected chi connectivity index (χ0v) is 14.8. The number of hydrogen-bond donors (Lipinski definition) is 1. The fourth-order valence-corrected chi connectivity index (χ4v) is 2.44. The number of halogens is 3. The highest BCUT2D eigenvalue weighted by Gasteiger charge is 2.32. The van der Waals surface area contributed by atoms with E-state index < -0.39 is 11.9 Å². The van der Waals surface area contributed by atoms with Crippen molar-refractivity contribution in [2.45, 2.75) is 26.1 Å². The smallest absolute Gasteiger partial charge is 0.433 e. The van der Waals surface area contributed by atoms with Crippen molar-refractivity contribution in [2.75, 3.05) is 0 Å². The van der Waals surface area contributed by atoms with Gasteiger partial charge in [-0.2, -0.15) is 13.2 Å². The molecule has 0 aliphatic heterocycles. The van der Waals surface area contributed by atoms with E-state index in [1.54, 1.807) is 12.1 Å². The van der Waals surface area contributed by atoms with Crippen LogP contribution in [-0.4, -0.2) is 15.9 Å². The van der Waals surface area contributed by atoms with E-state index in [4.69, 9.17) is 9.15 Å². The second kappa shape index (κ2) is 7.71. The quantitative estimate of drug-likeness (QED) is 0.631. The molecule has 0 aliphatic rings. The molecule has 1 amide bonds. The molecule has 9 heteroatoms. The number of alkyl halides is 3. The summed E-state index contributed by atoms with van der Waals surface area (Å²) >= 11 is 0. The van der Waals surface area contributed by atoms with E-state index in [9.17, 15) is 18.0 Å². The lowest BCUT2D eigenvalue weighted by Gasteiger charge is -2.09. The summed E-state index contributed by atoms with van der Waals surface area (Å²) in [5, 5.41) is 2.66.